The number of para-hydroxylation sites is 1. The van der Waals surface area contributed by atoms with E-state index < -0.39 is 35.2 Å². The van der Waals surface area contributed by atoms with Gasteiger partial charge in [0.15, 0.2) is 17.3 Å². The highest BCUT2D eigenvalue weighted by molar-refractivity contribution is 5.96. The number of hydrogen-bond acceptors (Lipinski definition) is 3. The quantitative estimate of drug-likeness (QED) is 0.877. The molecule has 0 radical (unpaired) electrons. The average Bonchev–Trinajstić information content (AvgIpc) is 2.85. The zero-order valence-corrected chi connectivity index (χ0v) is 13.4. The fourth-order valence-corrected chi connectivity index (χ4v) is 2.23. The highest BCUT2D eigenvalue weighted by Gasteiger charge is 2.26. The summed E-state index contributed by atoms with van der Waals surface area (Å²) in [6, 6.07) is 2.29. The van der Waals surface area contributed by atoms with Crippen LogP contribution in [0.2, 0.25) is 0 Å². The van der Waals surface area contributed by atoms with Crippen LogP contribution in [0.15, 0.2) is 24.4 Å². The first-order valence-corrected chi connectivity index (χ1v) is 7.26. The summed E-state index contributed by atoms with van der Waals surface area (Å²) in [4.78, 5) is 23.4. The Morgan fingerprint density at radius 3 is 2.33 bits per heavy atom. The van der Waals surface area contributed by atoms with E-state index in [1.807, 2.05) is 0 Å². The van der Waals surface area contributed by atoms with Crippen molar-refractivity contribution in [2.24, 2.45) is 5.92 Å². The Kier molecular flexibility index (Phi) is 4.96. The van der Waals surface area contributed by atoms with E-state index in [0.717, 1.165) is 16.8 Å². The fraction of sp³-hybridized carbons (Fsp3) is 0.312. The molecule has 1 amide bonds. The van der Waals surface area contributed by atoms with Gasteiger partial charge in [0.2, 0.25) is 0 Å². The number of benzene rings is 1. The van der Waals surface area contributed by atoms with E-state index in [4.69, 9.17) is 5.11 Å². The number of nitrogens with one attached hydrogen (secondary N) is 1. The number of halogens is 2. The maximum Gasteiger partial charge on any atom is 0.326 e. The van der Waals surface area contributed by atoms with Gasteiger partial charge in [0.1, 0.15) is 11.7 Å². The minimum atomic E-state index is -1.17. The maximum atomic E-state index is 13.8. The van der Waals surface area contributed by atoms with Crippen LogP contribution in [0, 0.1) is 24.5 Å². The van der Waals surface area contributed by atoms with Crippen molar-refractivity contribution >= 4 is 11.9 Å². The van der Waals surface area contributed by atoms with Gasteiger partial charge in [-0.3, -0.25) is 4.79 Å². The summed E-state index contributed by atoms with van der Waals surface area (Å²) >= 11 is 0. The molecule has 1 heterocycles. The SMILES string of the molecule is Cc1cn(-c2c(F)cccc2F)nc1C(=O)N[C@H](C(=O)O)C(C)C. The topological polar surface area (TPSA) is 84.2 Å². The zero-order valence-electron chi connectivity index (χ0n) is 13.4. The van der Waals surface area contributed by atoms with Gasteiger partial charge in [0.25, 0.3) is 5.91 Å². The van der Waals surface area contributed by atoms with Gasteiger partial charge >= 0.3 is 5.97 Å². The molecule has 128 valence electrons. The third-order valence-corrected chi connectivity index (χ3v) is 3.50. The van der Waals surface area contributed by atoms with Crippen LogP contribution in [0.1, 0.15) is 29.9 Å². The molecule has 8 heteroatoms. The molecular weight excluding hydrogens is 320 g/mol. The van der Waals surface area contributed by atoms with Crippen molar-refractivity contribution in [3.05, 3.63) is 47.3 Å². The summed E-state index contributed by atoms with van der Waals surface area (Å²) in [5.74, 6) is -3.87. The molecule has 0 saturated carbocycles. The lowest BCUT2D eigenvalue weighted by molar-refractivity contribution is -0.140. The molecule has 1 aromatic carbocycles. The van der Waals surface area contributed by atoms with E-state index in [1.54, 1.807) is 20.8 Å². The molecule has 2 aromatic rings. The highest BCUT2D eigenvalue weighted by Crippen LogP contribution is 2.19. The third-order valence-electron chi connectivity index (χ3n) is 3.50. The van der Waals surface area contributed by atoms with Crippen LogP contribution < -0.4 is 5.32 Å². The normalized spacial score (nSPS) is 12.2. The monoisotopic (exact) mass is 337 g/mol. The Balaban J connectivity index is 2.35. The molecule has 0 fully saturated rings. The molecule has 2 N–H and O–H groups in total. The molecule has 24 heavy (non-hydrogen) atoms. The van der Waals surface area contributed by atoms with Crippen molar-refractivity contribution in [3.8, 4) is 5.69 Å². The lowest BCUT2D eigenvalue weighted by atomic mass is 10.0. The second-order valence-corrected chi connectivity index (χ2v) is 5.71. The zero-order chi connectivity index (χ0) is 18.0. The van der Waals surface area contributed by atoms with Gasteiger partial charge in [0, 0.05) is 11.8 Å². The molecule has 1 aromatic heterocycles. The predicted octanol–water partition coefficient (Wildman–Crippen LogP) is 2.30. The summed E-state index contributed by atoms with van der Waals surface area (Å²) in [5.41, 5.74) is -0.133. The Morgan fingerprint density at radius 1 is 1.25 bits per heavy atom. The van der Waals surface area contributed by atoms with Crippen molar-refractivity contribution < 1.29 is 23.5 Å². The average molecular weight is 337 g/mol. The molecule has 0 unspecified atom stereocenters. The maximum absolute atomic E-state index is 13.8. The number of aromatic nitrogens is 2. The number of aliphatic carboxylic acids is 1. The molecule has 0 spiro atoms. The first-order valence-electron chi connectivity index (χ1n) is 7.26. The predicted molar refractivity (Wildman–Crippen MR) is 81.9 cm³/mol. The number of hydrogen-bond donors (Lipinski definition) is 2. The molecule has 0 aliphatic heterocycles. The highest BCUT2D eigenvalue weighted by atomic mass is 19.1. The number of carboxylic acids is 1. The second-order valence-electron chi connectivity index (χ2n) is 5.71. The molecule has 0 bridgehead atoms. The van der Waals surface area contributed by atoms with E-state index >= 15 is 0 Å². The summed E-state index contributed by atoms with van der Waals surface area (Å²) in [7, 11) is 0. The van der Waals surface area contributed by atoms with Crippen LogP contribution in [0.25, 0.3) is 5.69 Å². The standard InChI is InChI=1S/C16H17F2N3O3/c1-8(2)12(16(23)24)19-15(22)13-9(3)7-21(20-13)14-10(17)5-4-6-11(14)18/h4-8,12H,1-3H3,(H,19,22)(H,23,24)/t12-/m0/s1. The fourth-order valence-electron chi connectivity index (χ4n) is 2.23. The summed E-state index contributed by atoms with van der Waals surface area (Å²) in [6.07, 6.45) is 1.31. The number of rotatable bonds is 5. The van der Waals surface area contributed by atoms with Gasteiger partial charge in [-0.1, -0.05) is 19.9 Å². The van der Waals surface area contributed by atoms with Crippen LogP contribution in [-0.2, 0) is 4.79 Å². The van der Waals surface area contributed by atoms with Gasteiger partial charge in [-0.25, -0.2) is 18.3 Å². The molecule has 0 aliphatic carbocycles. The van der Waals surface area contributed by atoms with Crippen molar-refractivity contribution in [2.45, 2.75) is 26.8 Å². The van der Waals surface area contributed by atoms with E-state index in [2.05, 4.69) is 10.4 Å². The van der Waals surface area contributed by atoms with Gasteiger partial charge in [0.05, 0.1) is 0 Å². The Hall–Kier alpha value is -2.77. The van der Waals surface area contributed by atoms with Gasteiger partial charge in [-0.2, -0.15) is 5.10 Å². The minimum Gasteiger partial charge on any atom is -0.480 e. The van der Waals surface area contributed by atoms with Crippen molar-refractivity contribution in [1.82, 2.24) is 15.1 Å². The number of carbonyl (C=O) groups excluding carboxylic acids is 1. The number of carbonyl (C=O) groups is 2. The number of carboxylic acid groups (broad SMARTS) is 1. The Bertz CT molecular complexity index is 767. The van der Waals surface area contributed by atoms with E-state index in [9.17, 15) is 18.4 Å². The van der Waals surface area contributed by atoms with Crippen LogP contribution in [0.4, 0.5) is 8.78 Å². The van der Waals surface area contributed by atoms with Gasteiger partial charge < -0.3 is 10.4 Å². The molecular formula is C16H17F2N3O3. The summed E-state index contributed by atoms with van der Waals surface area (Å²) < 4.78 is 28.6. The second kappa shape index (κ2) is 6.77. The first kappa shape index (κ1) is 17.6. The lowest BCUT2D eigenvalue weighted by Gasteiger charge is -2.17. The molecule has 0 saturated heterocycles. The van der Waals surface area contributed by atoms with E-state index in [0.29, 0.717) is 5.56 Å². The van der Waals surface area contributed by atoms with Crippen LogP contribution in [0.3, 0.4) is 0 Å². The Morgan fingerprint density at radius 2 is 1.83 bits per heavy atom. The van der Waals surface area contributed by atoms with Crippen LogP contribution in [0.5, 0.6) is 0 Å². The smallest absolute Gasteiger partial charge is 0.326 e. The molecule has 2 rings (SSSR count). The van der Waals surface area contributed by atoms with E-state index in [1.165, 1.54) is 12.3 Å². The largest absolute Gasteiger partial charge is 0.480 e. The number of aryl methyl sites for hydroxylation is 1. The van der Waals surface area contributed by atoms with Crippen LogP contribution >= 0.6 is 0 Å². The lowest BCUT2D eigenvalue weighted by Crippen LogP contribution is -2.44. The molecule has 1 atom stereocenters. The summed E-state index contributed by atoms with van der Waals surface area (Å²) in [6.45, 7) is 4.85. The van der Waals surface area contributed by atoms with Gasteiger partial charge in [-0.05, 0) is 25.0 Å². The number of nitrogens with zero attached hydrogens (tertiary/aromatic N) is 2. The van der Waals surface area contributed by atoms with Gasteiger partial charge in [-0.15, -0.1) is 0 Å². The molecule has 6 nitrogen and oxygen atoms in total. The van der Waals surface area contributed by atoms with Crippen molar-refractivity contribution in [1.29, 1.82) is 0 Å². The molecule has 0 aliphatic rings. The Labute approximate surface area is 137 Å². The first-order chi connectivity index (χ1) is 11.2. The van der Waals surface area contributed by atoms with Crippen LogP contribution in [-0.4, -0.2) is 32.8 Å². The van der Waals surface area contributed by atoms with Crippen molar-refractivity contribution in [3.63, 3.8) is 0 Å². The summed E-state index contributed by atoms with van der Waals surface area (Å²) in [5, 5.41) is 15.4. The minimum absolute atomic E-state index is 0.0930. The van der Waals surface area contributed by atoms with E-state index in [-0.39, 0.29) is 11.6 Å². The third kappa shape index (κ3) is 3.42. The number of amides is 1. The van der Waals surface area contributed by atoms with Crippen molar-refractivity contribution in [2.75, 3.05) is 0 Å².